The second kappa shape index (κ2) is 6.95. The van der Waals surface area contributed by atoms with Crippen molar-refractivity contribution in [3.8, 4) is 0 Å². The van der Waals surface area contributed by atoms with Crippen LogP contribution in [0.2, 0.25) is 0 Å². The number of para-hydroxylation sites is 2. The van der Waals surface area contributed by atoms with E-state index in [1.54, 1.807) is 38.1 Å². The zero-order chi connectivity index (χ0) is 20.6. The van der Waals surface area contributed by atoms with Crippen LogP contribution in [0.5, 0.6) is 0 Å². The summed E-state index contributed by atoms with van der Waals surface area (Å²) >= 11 is 0. The van der Waals surface area contributed by atoms with Crippen LogP contribution in [0.1, 0.15) is 48.5 Å². The third-order valence-electron chi connectivity index (χ3n) is 4.67. The van der Waals surface area contributed by atoms with E-state index in [4.69, 9.17) is 4.74 Å². The van der Waals surface area contributed by atoms with Crippen LogP contribution >= 0.6 is 0 Å². The minimum atomic E-state index is -1.17. The van der Waals surface area contributed by atoms with Gasteiger partial charge in [0.05, 0.1) is 11.4 Å². The maximum atomic E-state index is 13.1. The Morgan fingerprint density at radius 1 is 1.18 bits per heavy atom. The largest absolute Gasteiger partial charge is 0.448 e. The van der Waals surface area contributed by atoms with E-state index in [1.807, 2.05) is 0 Å². The van der Waals surface area contributed by atoms with Gasteiger partial charge in [0.25, 0.3) is 5.91 Å². The number of nitrogens with zero attached hydrogens (tertiary/aromatic N) is 1. The minimum absolute atomic E-state index is 0.0703. The lowest BCUT2D eigenvalue weighted by Crippen LogP contribution is -2.60. The Kier molecular flexibility index (Phi) is 4.80. The number of hydrogen-bond acceptors (Lipinski definition) is 5. The van der Waals surface area contributed by atoms with Crippen LogP contribution in [0.25, 0.3) is 0 Å². The fourth-order valence-electron chi connectivity index (χ4n) is 3.02. The van der Waals surface area contributed by atoms with Crippen molar-refractivity contribution in [1.82, 2.24) is 4.98 Å². The maximum Gasteiger partial charge on any atom is 0.355 e. The smallest absolute Gasteiger partial charge is 0.355 e. The number of rotatable bonds is 4. The van der Waals surface area contributed by atoms with E-state index < -0.39 is 23.5 Å². The number of aromatic amines is 1. The Morgan fingerprint density at radius 2 is 1.86 bits per heavy atom. The minimum Gasteiger partial charge on any atom is -0.448 e. The zero-order valence-corrected chi connectivity index (χ0v) is 16.0. The monoisotopic (exact) mass is 383 g/mol. The van der Waals surface area contributed by atoms with Gasteiger partial charge in [-0.25, -0.2) is 4.79 Å². The van der Waals surface area contributed by atoms with Gasteiger partial charge in [-0.15, -0.1) is 0 Å². The SMILES string of the molecule is CC(=O)c1c[nH]c(C(=O)O[C@@H](C)C(=O)N2c3ccccc3NC(=O)C2(C)C)c1. The van der Waals surface area contributed by atoms with Crippen molar-refractivity contribution in [2.75, 3.05) is 10.2 Å². The van der Waals surface area contributed by atoms with Crippen LogP contribution in [0.15, 0.2) is 36.5 Å². The second-order valence-electron chi connectivity index (χ2n) is 7.11. The molecule has 0 saturated carbocycles. The number of H-pyrrole nitrogens is 1. The molecule has 0 unspecified atom stereocenters. The quantitative estimate of drug-likeness (QED) is 0.623. The van der Waals surface area contributed by atoms with Crippen molar-refractivity contribution in [2.24, 2.45) is 0 Å². The average molecular weight is 383 g/mol. The topological polar surface area (TPSA) is 109 Å². The van der Waals surface area contributed by atoms with E-state index in [0.717, 1.165) is 0 Å². The normalized spacial score (nSPS) is 16.0. The van der Waals surface area contributed by atoms with Crippen molar-refractivity contribution in [3.63, 3.8) is 0 Å². The molecule has 1 aromatic carbocycles. The predicted octanol–water partition coefficient (Wildman–Crippen LogP) is 2.53. The van der Waals surface area contributed by atoms with Crippen LogP contribution in [0, 0.1) is 0 Å². The molecule has 1 atom stereocenters. The molecule has 2 amide bonds. The molecule has 0 fully saturated rings. The Labute approximate surface area is 161 Å². The average Bonchev–Trinajstić information content (AvgIpc) is 3.12. The van der Waals surface area contributed by atoms with E-state index in [1.165, 1.54) is 31.0 Å². The molecule has 2 heterocycles. The fraction of sp³-hybridized carbons (Fsp3) is 0.300. The first kappa shape index (κ1) is 19.3. The molecule has 8 heteroatoms. The van der Waals surface area contributed by atoms with Gasteiger partial charge in [0.1, 0.15) is 11.2 Å². The van der Waals surface area contributed by atoms with Gasteiger partial charge in [0.15, 0.2) is 11.9 Å². The highest BCUT2D eigenvalue weighted by Gasteiger charge is 2.45. The molecule has 8 nitrogen and oxygen atoms in total. The molecule has 0 spiro atoms. The van der Waals surface area contributed by atoms with Crippen LogP contribution in [0.4, 0.5) is 11.4 Å². The highest BCUT2D eigenvalue weighted by atomic mass is 16.5. The third-order valence-corrected chi connectivity index (χ3v) is 4.67. The van der Waals surface area contributed by atoms with Crippen molar-refractivity contribution in [3.05, 3.63) is 47.8 Å². The number of aromatic nitrogens is 1. The van der Waals surface area contributed by atoms with Gasteiger partial charge < -0.3 is 15.0 Å². The van der Waals surface area contributed by atoms with Gasteiger partial charge in [-0.1, -0.05) is 12.1 Å². The Balaban J connectivity index is 1.84. The van der Waals surface area contributed by atoms with Crippen molar-refractivity contribution >= 4 is 34.9 Å². The summed E-state index contributed by atoms with van der Waals surface area (Å²) in [5.74, 6) is -1.83. The second-order valence-corrected chi connectivity index (χ2v) is 7.11. The number of amides is 2. The summed E-state index contributed by atoms with van der Waals surface area (Å²) in [4.78, 5) is 53.3. The Bertz CT molecular complexity index is 976. The summed E-state index contributed by atoms with van der Waals surface area (Å²) in [7, 11) is 0. The van der Waals surface area contributed by atoms with Gasteiger partial charge in [-0.05, 0) is 45.9 Å². The van der Waals surface area contributed by atoms with Crippen molar-refractivity contribution in [1.29, 1.82) is 0 Å². The van der Waals surface area contributed by atoms with Crippen LogP contribution < -0.4 is 10.2 Å². The van der Waals surface area contributed by atoms with Gasteiger partial charge >= 0.3 is 5.97 Å². The number of carbonyl (C=O) groups is 4. The first-order chi connectivity index (χ1) is 13.1. The molecule has 1 aliphatic heterocycles. The number of fused-ring (bicyclic) bond motifs is 1. The zero-order valence-electron chi connectivity index (χ0n) is 16.0. The third kappa shape index (κ3) is 3.28. The molecular weight excluding hydrogens is 362 g/mol. The summed E-state index contributed by atoms with van der Waals surface area (Å²) in [5, 5.41) is 2.78. The highest BCUT2D eigenvalue weighted by molar-refractivity contribution is 6.15. The first-order valence-corrected chi connectivity index (χ1v) is 8.78. The first-order valence-electron chi connectivity index (χ1n) is 8.78. The number of benzene rings is 1. The van der Waals surface area contributed by atoms with Crippen molar-refractivity contribution in [2.45, 2.75) is 39.3 Å². The summed E-state index contributed by atoms with van der Waals surface area (Å²) < 4.78 is 5.28. The molecule has 1 aliphatic rings. The standard InChI is InChI=1S/C20H21N3O5/c1-11(24)13-9-15(21-10-13)18(26)28-12(2)17(25)23-16-8-6-5-7-14(16)22-19(27)20(23,3)4/h5-10,12,21H,1-4H3,(H,22,27)/t12-/m0/s1. The van der Waals surface area contributed by atoms with E-state index in [2.05, 4.69) is 10.3 Å². The van der Waals surface area contributed by atoms with E-state index in [-0.39, 0.29) is 17.4 Å². The number of anilines is 2. The number of Topliss-reactive ketones (excluding diaryl/α,β-unsaturated/α-hetero) is 1. The number of nitrogens with one attached hydrogen (secondary N) is 2. The molecule has 0 aliphatic carbocycles. The molecule has 28 heavy (non-hydrogen) atoms. The summed E-state index contributed by atoms with van der Waals surface area (Å²) in [5.41, 5.74) is 0.280. The lowest BCUT2D eigenvalue weighted by atomic mass is 9.95. The van der Waals surface area contributed by atoms with Gasteiger partial charge in [-0.2, -0.15) is 0 Å². The van der Waals surface area contributed by atoms with E-state index >= 15 is 0 Å². The number of esters is 1. The van der Waals surface area contributed by atoms with Gasteiger partial charge in [0, 0.05) is 11.8 Å². The van der Waals surface area contributed by atoms with Gasteiger partial charge in [0.2, 0.25) is 5.91 Å². The summed E-state index contributed by atoms with van der Waals surface area (Å²) in [6.07, 6.45) is 0.259. The lowest BCUT2D eigenvalue weighted by Gasteiger charge is -2.42. The maximum absolute atomic E-state index is 13.1. The molecule has 2 N–H and O–H groups in total. The predicted molar refractivity (Wildman–Crippen MR) is 102 cm³/mol. The Hall–Kier alpha value is -3.42. The fourth-order valence-corrected chi connectivity index (χ4v) is 3.02. The molecular formula is C20H21N3O5. The molecule has 0 saturated heterocycles. The molecule has 3 rings (SSSR count). The Morgan fingerprint density at radius 3 is 2.50 bits per heavy atom. The number of ketones is 1. The van der Waals surface area contributed by atoms with Crippen LogP contribution in [0.3, 0.4) is 0 Å². The summed E-state index contributed by atoms with van der Waals surface area (Å²) in [6.45, 7) is 6.06. The molecule has 2 aromatic rings. The van der Waals surface area contributed by atoms with E-state index in [9.17, 15) is 19.2 Å². The number of carbonyl (C=O) groups excluding carboxylic acids is 4. The van der Waals surface area contributed by atoms with Crippen LogP contribution in [-0.4, -0.2) is 40.2 Å². The molecule has 146 valence electrons. The number of ether oxygens (including phenoxy) is 1. The molecule has 0 radical (unpaired) electrons. The van der Waals surface area contributed by atoms with E-state index in [0.29, 0.717) is 16.9 Å². The summed E-state index contributed by atoms with van der Waals surface area (Å²) in [6, 6.07) is 8.29. The van der Waals surface area contributed by atoms with Crippen LogP contribution in [-0.2, 0) is 14.3 Å². The molecule has 1 aromatic heterocycles. The molecule has 0 bridgehead atoms. The van der Waals surface area contributed by atoms with Gasteiger partial charge in [-0.3, -0.25) is 19.3 Å². The highest BCUT2D eigenvalue weighted by Crippen LogP contribution is 2.37. The lowest BCUT2D eigenvalue weighted by molar-refractivity contribution is -0.131. The van der Waals surface area contributed by atoms with Crippen molar-refractivity contribution < 1.29 is 23.9 Å². The number of hydrogen-bond donors (Lipinski definition) is 2.